The van der Waals surface area contributed by atoms with Crippen molar-refractivity contribution in [1.82, 2.24) is 0 Å². The van der Waals surface area contributed by atoms with Crippen LogP contribution in [0.4, 0.5) is 0 Å². The summed E-state index contributed by atoms with van der Waals surface area (Å²) in [7, 11) is 0. The molecule has 1 saturated carbocycles. The van der Waals surface area contributed by atoms with Crippen molar-refractivity contribution in [2.75, 3.05) is 6.61 Å². The van der Waals surface area contributed by atoms with E-state index >= 15 is 0 Å². The van der Waals surface area contributed by atoms with E-state index in [9.17, 15) is 0 Å². The van der Waals surface area contributed by atoms with E-state index in [-0.39, 0.29) is 0 Å². The van der Waals surface area contributed by atoms with Gasteiger partial charge in [-0.2, -0.15) is 0 Å². The zero-order chi connectivity index (χ0) is 6.97. The lowest BCUT2D eigenvalue weighted by Gasteiger charge is -2.28. The van der Waals surface area contributed by atoms with Crippen molar-refractivity contribution in [2.24, 2.45) is 11.8 Å². The molecule has 2 aliphatic rings. The van der Waals surface area contributed by atoms with E-state index in [0.29, 0.717) is 6.10 Å². The monoisotopic (exact) mass is 140 g/mol. The van der Waals surface area contributed by atoms with Crippen molar-refractivity contribution in [2.45, 2.75) is 38.7 Å². The Morgan fingerprint density at radius 1 is 1.20 bits per heavy atom. The molecule has 0 bridgehead atoms. The maximum atomic E-state index is 5.71. The standard InChI is InChI=1S/C9H16O/c1-7-4-5-8-3-2-6-10-9(7)8/h7-9H,2-6H2,1H3/t7-,8?,9?/m1/s1. The summed E-state index contributed by atoms with van der Waals surface area (Å²) in [5.74, 6) is 1.76. The summed E-state index contributed by atoms with van der Waals surface area (Å²) in [5.41, 5.74) is 0. The zero-order valence-electron chi connectivity index (χ0n) is 6.68. The van der Waals surface area contributed by atoms with E-state index in [1.807, 2.05) is 0 Å². The minimum atomic E-state index is 0.633. The molecule has 2 fully saturated rings. The number of hydrogen-bond donors (Lipinski definition) is 0. The molecule has 1 heteroatoms. The lowest BCUT2D eigenvalue weighted by molar-refractivity contribution is -0.0298. The van der Waals surface area contributed by atoms with Gasteiger partial charge in [0.05, 0.1) is 6.10 Å². The molecule has 10 heavy (non-hydrogen) atoms. The molecule has 2 rings (SSSR count). The summed E-state index contributed by atoms with van der Waals surface area (Å²) < 4.78 is 5.71. The molecular formula is C9H16O. The Morgan fingerprint density at radius 2 is 2.10 bits per heavy atom. The molecule has 0 amide bonds. The molecule has 1 heterocycles. The topological polar surface area (TPSA) is 9.23 Å². The SMILES string of the molecule is C[C@@H]1CCC2CCCOC21. The molecule has 2 unspecified atom stereocenters. The van der Waals surface area contributed by atoms with Crippen LogP contribution in [0.5, 0.6) is 0 Å². The Morgan fingerprint density at radius 3 is 2.90 bits per heavy atom. The van der Waals surface area contributed by atoms with Crippen LogP contribution in [0.25, 0.3) is 0 Å². The fourth-order valence-corrected chi connectivity index (χ4v) is 2.44. The number of ether oxygens (including phenoxy) is 1. The van der Waals surface area contributed by atoms with E-state index in [0.717, 1.165) is 18.4 Å². The molecule has 1 aliphatic heterocycles. The van der Waals surface area contributed by atoms with Crippen LogP contribution in [0.1, 0.15) is 32.6 Å². The second-order valence-electron chi connectivity index (χ2n) is 3.79. The van der Waals surface area contributed by atoms with Gasteiger partial charge in [0.1, 0.15) is 0 Å². The second-order valence-corrected chi connectivity index (χ2v) is 3.79. The molecule has 1 saturated heterocycles. The quantitative estimate of drug-likeness (QED) is 0.501. The van der Waals surface area contributed by atoms with Crippen LogP contribution in [0.2, 0.25) is 0 Å². The predicted molar refractivity (Wildman–Crippen MR) is 40.9 cm³/mol. The minimum absolute atomic E-state index is 0.633. The van der Waals surface area contributed by atoms with E-state index in [1.165, 1.54) is 25.7 Å². The summed E-state index contributed by atoms with van der Waals surface area (Å²) in [5, 5.41) is 0. The van der Waals surface area contributed by atoms with Gasteiger partial charge in [-0.25, -0.2) is 0 Å². The van der Waals surface area contributed by atoms with Crippen molar-refractivity contribution in [3.05, 3.63) is 0 Å². The van der Waals surface area contributed by atoms with Crippen molar-refractivity contribution >= 4 is 0 Å². The first-order chi connectivity index (χ1) is 4.88. The first kappa shape index (κ1) is 6.66. The molecule has 3 atom stereocenters. The average Bonchev–Trinajstić information content (AvgIpc) is 2.34. The predicted octanol–water partition coefficient (Wildman–Crippen LogP) is 2.21. The molecule has 0 aromatic carbocycles. The lowest BCUT2D eigenvalue weighted by atomic mass is 9.95. The molecule has 0 aromatic heterocycles. The third-order valence-corrected chi connectivity index (χ3v) is 3.05. The van der Waals surface area contributed by atoms with Crippen LogP contribution in [-0.4, -0.2) is 12.7 Å². The van der Waals surface area contributed by atoms with Gasteiger partial charge in [-0.05, 0) is 37.5 Å². The van der Waals surface area contributed by atoms with Gasteiger partial charge in [-0.15, -0.1) is 0 Å². The van der Waals surface area contributed by atoms with Gasteiger partial charge in [0, 0.05) is 6.61 Å². The smallest absolute Gasteiger partial charge is 0.0628 e. The Kier molecular flexibility index (Phi) is 1.69. The summed E-state index contributed by atoms with van der Waals surface area (Å²) in [6.07, 6.45) is 6.18. The fraction of sp³-hybridized carbons (Fsp3) is 1.00. The molecule has 0 spiro atoms. The van der Waals surface area contributed by atoms with Crippen LogP contribution < -0.4 is 0 Å². The van der Waals surface area contributed by atoms with Crippen LogP contribution in [-0.2, 0) is 4.74 Å². The summed E-state index contributed by atoms with van der Waals surface area (Å²) >= 11 is 0. The van der Waals surface area contributed by atoms with Crippen LogP contribution in [0.15, 0.2) is 0 Å². The second kappa shape index (κ2) is 2.54. The van der Waals surface area contributed by atoms with Gasteiger partial charge >= 0.3 is 0 Å². The maximum Gasteiger partial charge on any atom is 0.0628 e. The van der Waals surface area contributed by atoms with Gasteiger partial charge in [0.2, 0.25) is 0 Å². The molecular weight excluding hydrogens is 124 g/mol. The Bertz CT molecular complexity index is 120. The molecule has 1 aliphatic carbocycles. The van der Waals surface area contributed by atoms with Crippen molar-refractivity contribution in [1.29, 1.82) is 0 Å². The van der Waals surface area contributed by atoms with E-state index in [4.69, 9.17) is 4.74 Å². The van der Waals surface area contributed by atoms with Gasteiger partial charge in [-0.1, -0.05) is 6.92 Å². The fourth-order valence-electron chi connectivity index (χ4n) is 2.44. The summed E-state index contributed by atoms with van der Waals surface area (Å²) in [6.45, 7) is 3.35. The Labute approximate surface area is 62.8 Å². The van der Waals surface area contributed by atoms with Crippen LogP contribution in [0.3, 0.4) is 0 Å². The zero-order valence-corrected chi connectivity index (χ0v) is 6.68. The van der Waals surface area contributed by atoms with E-state index < -0.39 is 0 Å². The highest BCUT2D eigenvalue weighted by Gasteiger charge is 2.35. The third kappa shape index (κ3) is 0.968. The van der Waals surface area contributed by atoms with Gasteiger partial charge < -0.3 is 4.74 Å². The first-order valence-electron chi connectivity index (χ1n) is 4.49. The van der Waals surface area contributed by atoms with Crippen LogP contribution >= 0.6 is 0 Å². The average molecular weight is 140 g/mol. The Hall–Kier alpha value is -0.0400. The summed E-state index contributed by atoms with van der Waals surface area (Å²) in [4.78, 5) is 0. The molecule has 58 valence electrons. The number of hydrogen-bond acceptors (Lipinski definition) is 1. The van der Waals surface area contributed by atoms with Gasteiger partial charge in [0.25, 0.3) is 0 Å². The largest absolute Gasteiger partial charge is 0.378 e. The highest BCUT2D eigenvalue weighted by molar-refractivity contribution is 4.85. The van der Waals surface area contributed by atoms with Crippen LogP contribution in [0, 0.1) is 11.8 Å². The Balaban J connectivity index is 2.01. The lowest BCUT2D eigenvalue weighted by Crippen LogP contribution is -2.28. The van der Waals surface area contributed by atoms with Crippen molar-refractivity contribution in [3.63, 3.8) is 0 Å². The molecule has 1 nitrogen and oxygen atoms in total. The number of rotatable bonds is 0. The van der Waals surface area contributed by atoms with Gasteiger partial charge in [0.15, 0.2) is 0 Å². The van der Waals surface area contributed by atoms with Crippen molar-refractivity contribution in [3.8, 4) is 0 Å². The summed E-state index contributed by atoms with van der Waals surface area (Å²) in [6, 6.07) is 0. The number of fused-ring (bicyclic) bond motifs is 1. The van der Waals surface area contributed by atoms with E-state index in [2.05, 4.69) is 6.92 Å². The molecule has 0 radical (unpaired) electrons. The normalized spacial score (nSPS) is 47.1. The van der Waals surface area contributed by atoms with Crippen molar-refractivity contribution < 1.29 is 4.74 Å². The maximum absolute atomic E-state index is 5.71. The third-order valence-electron chi connectivity index (χ3n) is 3.05. The molecule has 0 aromatic rings. The first-order valence-corrected chi connectivity index (χ1v) is 4.49. The highest BCUT2D eigenvalue weighted by Crippen LogP contribution is 2.38. The van der Waals surface area contributed by atoms with Gasteiger partial charge in [-0.3, -0.25) is 0 Å². The molecule has 0 N–H and O–H groups in total. The van der Waals surface area contributed by atoms with E-state index in [1.54, 1.807) is 0 Å². The minimum Gasteiger partial charge on any atom is -0.378 e. The highest BCUT2D eigenvalue weighted by atomic mass is 16.5.